The molecule has 5 nitrogen and oxygen atoms in total. The van der Waals surface area contributed by atoms with Crippen molar-refractivity contribution in [2.45, 2.75) is 0 Å². The smallest absolute Gasteiger partial charge is 0.233 e. The first kappa shape index (κ1) is 24.3. The van der Waals surface area contributed by atoms with Crippen LogP contribution in [0.15, 0.2) is 150 Å². The number of fused-ring (bicyclic) bond motifs is 10. The second kappa shape index (κ2) is 9.15. The van der Waals surface area contributed by atoms with Gasteiger partial charge in [0, 0.05) is 38.2 Å². The van der Waals surface area contributed by atoms with Crippen LogP contribution in [0.5, 0.6) is 0 Å². The highest BCUT2D eigenvalue weighted by molar-refractivity contribution is 6.29. The Hall–Kier alpha value is -6.20. The lowest BCUT2D eigenvalue weighted by atomic mass is 10.1. The van der Waals surface area contributed by atoms with Crippen molar-refractivity contribution in [3.05, 3.63) is 146 Å². The highest BCUT2D eigenvalue weighted by Crippen LogP contribution is 2.43. The maximum absolute atomic E-state index is 6.39. The average Bonchev–Trinajstić information content (AvgIpc) is 3.76. The van der Waals surface area contributed by atoms with Gasteiger partial charge in [-0.25, -0.2) is 4.98 Å². The van der Waals surface area contributed by atoms with E-state index in [2.05, 4.69) is 106 Å². The van der Waals surface area contributed by atoms with E-state index in [1.165, 1.54) is 32.6 Å². The molecule has 0 saturated carbocycles. The predicted octanol–water partition coefficient (Wildman–Crippen LogP) is 10.2. The first-order valence-corrected chi connectivity index (χ1v) is 15.1. The van der Waals surface area contributed by atoms with Crippen molar-refractivity contribution in [3.63, 3.8) is 0 Å². The van der Waals surface area contributed by atoms with Crippen LogP contribution < -0.4 is 0 Å². The number of hydrogen-bond donors (Lipinski definition) is 0. The highest BCUT2D eigenvalue weighted by Gasteiger charge is 2.24. The van der Waals surface area contributed by atoms with Crippen LogP contribution in [0.4, 0.5) is 0 Å². The van der Waals surface area contributed by atoms with Crippen LogP contribution in [0, 0.1) is 0 Å². The van der Waals surface area contributed by atoms with Crippen molar-refractivity contribution in [3.8, 4) is 22.9 Å². The molecule has 0 amide bonds. The molecule has 0 spiro atoms. The Balaban J connectivity index is 1.41. The predicted molar refractivity (Wildman–Crippen MR) is 183 cm³/mol. The van der Waals surface area contributed by atoms with Gasteiger partial charge in [0.1, 0.15) is 5.58 Å². The van der Waals surface area contributed by atoms with Gasteiger partial charge < -0.3 is 8.98 Å². The lowest BCUT2D eigenvalue weighted by Crippen LogP contribution is -2.02. The summed E-state index contributed by atoms with van der Waals surface area (Å²) in [6.07, 6.45) is 0. The molecule has 0 atom stereocenters. The second-order valence-electron chi connectivity index (χ2n) is 11.4. The summed E-state index contributed by atoms with van der Waals surface area (Å²) >= 11 is 0. The first-order chi connectivity index (χ1) is 22.3. The SMILES string of the molecule is c1ccc(-c2nc(-n3c4ccccc4c4c5c6ccccc6n(-c6ccccc6)c5ccc43)c3c(n2)oc2ccccc23)cc1. The van der Waals surface area contributed by atoms with Crippen molar-refractivity contribution in [2.24, 2.45) is 0 Å². The zero-order valence-corrected chi connectivity index (χ0v) is 24.1. The van der Waals surface area contributed by atoms with Crippen molar-refractivity contribution in [2.75, 3.05) is 0 Å². The molecule has 0 unspecified atom stereocenters. The van der Waals surface area contributed by atoms with Gasteiger partial charge in [0.05, 0.1) is 27.5 Å². The molecule has 10 rings (SSSR count). The molecule has 45 heavy (non-hydrogen) atoms. The summed E-state index contributed by atoms with van der Waals surface area (Å²) in [6, 6.07) is 50.7. The highest BCUT2D eigenvalue weighted by atomic mass is 16.3. The van der Waals surface area contributed by atoms with E-state index in [1.807, 2.05) is 48.5 Å². The molecule has 0 saturated heterocycles. The minimum atomic E-state index is 0.577. The van der Waals surface area contributed by atoms with Crippen molar-refractivity contribution >= 4 is 65.7 Å². The van der Waals surface area contributed by atoms with E-state index in [0.717, 1.165) is 44.5 Å². The zero-order valence-electron chi connectivity index (χ0n) is 24.1. The minimum absolute atomic E-state index is 0.577. The molecule has 6 aromatic carbocycles. The van der Waals surface area contributed by atoms with Gasteiger partial charge in [0.25, 0.3) is 0 Å². The average molecular weight is 577 g/mol. The summed E-state index contributed by atoms with van der Waals surface area (Å²) in [6.45, 7) is 0. The standard InChI is InChI=1S/C40H24N4O/c1-3-13-25(14-4-1)38-41-39(37-29-19-9-12-22-34(29)45-40(37)42-38)44-31-21-11-8-18-28(31)36-33(44)24-23-32-35(36)27-17-7-10-20-30(27)43(32)26-15-5-2-6-16-26/h1-24H. The number of rotatable bonds is 3. The maximum Gasteiger partial charge on any atom is 0.233 e. The Labute approximate surface area is 257 Å². The zero-order chi connectivity index (χ0) is 29.5. The summed E-state index contributed by atoms with van der Waals surface area (Å²) in [5.41, 5.74) is 7.97. The van der Waals surface area contributed by atoms with E-state index in [9.17, 15) is 0 Å². The quantitative estimate of drug-likeness (QED) is 0.210. The third-order valence-corrected chi connectivity index (χ3v) is 8.95. The van der Waals surface area contributed by atoms with Gasteiger partial charge in [-0.15, -0.1) is 0 Å². The molecule has 210 valence electrons. The van der Waals surface area contributed by atoms with Crippen LogP contribution in [0.3, 0.4) is 0 Å². The van der Waals surface area contributed by atoms with Crippen LogP contribution in [-0.2, 0) is 0 Å². The molecule has 10 aromatic rings. The van der Waals surface area contributed by atoms with Crippen LogP contribution in [0.25, 0.3) is 88.6 Å². The number of nitrogens with zero attached hydrogens (tertiary/aromatic N) is 4. The number of para-hydroxylation sites is 4. The van der Waals surface area contributed by atoms with E-state index in [1.54, 1.807) is 0 Å². The largest absolute Gasteiger partial charge is 0.437 e. The van der Waals surface area contributed by atoms with Crippen LogP contribution >= 0.6 is 0 Å². The van der Waals surface area contributed by atoms with Gasteiger partial charge in [-0.3, -0.25) is 4.57 Å². The van der Waals surface area contributed by atoms with Gasteiger partial charge in [-0.05, 0) is 42.5 Å². The summed E-state index contributed by atoms with van der Waals surface area (Å²) in [4.78, 5) is 10.3. The first-order valence-electron chi connectivity index (χ1n) is 15.1. The minimum Gasteiger partial charge on any atom is -0.437 e. The Bertz CT molecular complexity index is 2750. The Kier molecular flexibility index (Phi) is 4.93. The monoisotopic (exact) mass is 576 g/mol. The molecule has 0 radical (unpaired) electrons. The molecule has 0 bridgehead atoms. The number of benzene rings is 6. The van der Waals surface area contributed by atoms with E-state index in [0.29, 0.717) is 11.5 Å². The fraction of sp³-hybridized carbons (Fsp3) is 0. The number of hydrogen-bond acceptors (Lipinski definition) is 3. The molecular formula is C40H24N4O. The molecule has 4 heterocycles. The fourth-order valence-electron chi connectivity index (χ4n) is 7.08. The molecule has 0 aliphatic rings. The van der Waals surface area contributed by atoms with E-state index >= 15 is 0 Å². The lowest BCUT2D eigenvalue weighted by molar-refractivity contribution is 0.653. The van der Waals surface area contributed by atoms with E-state index in [4.69, 9.17) is 14.4 Å². The van der Waals surface area contributed by atoms with Crippen LogP contribution in [-0.4, -0.2) is 19.1 Å². The van der Waals surface area contributed by atoms with Crippen molar-refractivity contribution < 1.29 is 4.42 Å². The number of aromatic nitrogens is 4. The Morgan fingerprint density at radius 2 is 0.978 bits per heavy atom. The van der Waals surface area contributed by atoms with E-state index in [-0.39, 0.29) is 0 Å². The Morgan fingerprint density at radius 1 is 0.422 bits per heavy atom. The summed E-state index contributed by atoms with van der Waals surface area (Å²) < 4.78 is 11.1. The second-order valence-corrected chi connectivity index (χ2v) is 11.4. The lowest BCUT2D eigenvalue weighted by Gasteiger charge is -2.11. The number of furan rings is 1. The molecule has 0 aliphatic carbocycles. The van der Waals surface area contributed by atoms with E-state index < -0.39 is 0 Å². The normalized spacial score (nSPS) is 12.0. The van der Waals surface area contributed by atoms with Gasteiger partial charge in [0.15, 0.2) is 11.6 Å². The van der Waals surface area contributed by atoms with Crippen molar-refractivity contribution in [1.82, 2.24) is 19.1 Å². The third-order valence-electron chi connectivity index (χ3n) is 8.95. The third kappa shape index (κ3) is 3.38. The molecule has 0 N–H and O–H groups in total. The Morgan fingerprint density at radius 3 is 1.69 bits per heavy atom. The fourth-order valence-corrected chi connectivity index (χ4v) is 7.08. The topological polar surface area (TPSA) is 48.8 Å². The summed E-state index contributed by atoms with van der Waals surface area (Å²) in [5, 5.41) is 6.73. The summed E-state index contributed by atoms with van der Waals surface area (Å²) in [7, 11) is 0. The van der Waals surface area contributed by atoms with Crippen LogP contribution in [0.1, 0.15) is 0 Å². The molecular weight excluding hydrogens is 552 g/mol. The van der Waals surface area contributed by atoms with Crippen LogP contribution in [0.2, 0.25) is 0 Å². The van der Waals surface area contributed by atoms with Gasteiger partial charge in [-0.2, -0.15) is 4.98 Å². The molecule has 0 aliphatic heterocycles. The van der Waals surface area contributed by atoms with Gasteiger partial charge in [-0.1, -0.05) is 103 Å². The summed E-state index contributed by atoms with van der Waals surface area (Å²) in [5.74, 6) is 1.44. The molecule has 4 aromatic heterocycles. The van der Waals surface area contributed by atoms with Gasteiger partial charge in [0.2, 0.25) is 5.71 Å². The van der Waals surface area contributed by atoms with Crippen molar-refractivity contribution in [1.29, 1.82) is 0 Å². The molecule has 0 fully saturated rings. The molecule has 5 heteroatoms. The van der Waals surface area contributed by atoms with Gasteiger partial charge >= 0.3 is 0 Å². The maximum atomic E-state index is 6.39.